The van der Waals surface area contributed by atoms with E-state index in [1.165, 1.54) is 6.07 Å². The number of benzene rings is 2. The average Bonchev–Trinajstić information content (AvgIpc) is 3.11. The van der Waals surface area contributed by atoms with Crippen molar-refractivity contribution in [3.05, 3.63) is 70.7 Å². The zero-order chi connectivity index (χ0) is 18.5. The van der Waals surface area contributed by atoms with Crippen LogP contribution in [0.4, 0.5) is 0 Å². The number of oxazole rings is 1. The first-order valence-corrected chi connectivity index (χ1v) is 8.57. The zero-order valence-electron chi connectivity index (χ0n) is 13.8. The van der Waals surface area contributed by atoms with Gasteiger partial charge < -0.3 is 13.9 Å². The van der Waals surface area contributed by atoms with E-state index in [-0.39, 0.29) is 6.61 Å². The monoisotopic (exact) mass is 391 g/mol. The topological polar surface area (TPSA) is 61.6 Å². The minimum atomic E-state index is -0.850. The number of rotatable bonds is 6. The lowest BCUT2D eigenvalue weighted by molar-refractivity contribution is -0.153. The number of carbonyl (C=O) groups excluding carboxylic acids is 1. The van der Waals surface area contributed by atoms with E-state index in [1.807, 2.05) is 30.3 Å². The quantitative estimate of drug-likeness (QED) is 0.543. The van der Waals surface area contributed by atoms with Gasteiger partial charge >= 0.3 is 5.97 Å². The molecule has 0 spiro atoms. The van der Waals surface area contributed by atoms with Crippen LogP contribution in [0.2, 0.25) is 10.0 Å². The first kappa shape index (κ1) is 18.3. The van der Waals surface area contributed by atoms with Crippen molar-refractivity contribution < 1.29 is 18.7 Å². The van der Waals surface area contributed by atoms with Gasteiger partial charge in [0.05, 0.1) is 11.2 Å². The highest BCUT2D eigenvalue weighted by Crippen LogP contribution is 2.28. The Balaban J connectivity index is 1.56. The van der Waals surface area contributed by atoms with Gasteiger partial charge in [-0.25, -0.2) is 9.78 Å². The highest BCUT2D eigenvalue weighted by molar-refractivity contribution is 6.35. The second-order valence-electron chi connectivity index (χ2n) is 5.43. The molecule has 0 bridgehead atoms. The van der Waals surface area contributed by atoms with Crippen LogP contribution in [0.15, 0.2) is 59.1 Å². The Morgan fingerprint density at radius 3 is 2.69 bits per heavy atom. The molecule has 1 aromatic heterocycles. The number of aromatic nitrogens is 1. The summed E-state index contributed by atoms with van der Waals surface area (Å²) in [6.07, 6.45) is 0.739. The van der Waals surface area contributed by atoms with E-state index in [0.29, 0.717) is 27.4 Å². The van der Waals surface area contributed by atoms with Crippen LogP contribution >= 0.6 is 23.2 Å². The number of esters is 1. The number of carbonyl (C=O) groups is 1. The molecule has 1 atom stereocenters. The van der Waals surface area contributed by atoms with Gasteiger partial charge in [0.1, 0.15) is 5.75 Å². The van der Waals surface area contributed by atoms with E-state index < -0.39 is 12.1 Å². The summed E-state index contributed by atoms with van der Waals surface area (Å²) >= 11 is 11.9. The predicted octanol–water partition coefficient (Wildman–Crippen LogP) is 5.16. The van der Waals surface area contributed by atoms with Crippen LogP contribution < -0.4 is 4.74 Å². The Kier molecular flexibility index (Phi) is 5.81. The second kappa shape index (κ2) is 8.25. The van der Waals surface area contributed by atoms with E-state index >= 15 is 0 Å². The van der Waals surface area contributed by atoms with Gasteiger partial charge in [-0.3, -0.25) is 0 Å². The smallest absolute Gasteiger partial charge is 0.347 e. The van der Waals surface area contributed by atoms with E-state index in [9.17, 15) is 4.79 Å². The van der Waals surface area contributed by atoms with Gasteiger partial charge in [0, 0.05) is 10.6 Å². The van der Waals surface area contributed by atoms with Crippen molar-refractivity contribution in [1.29, 1.82) is 0 Å². The van der Waals surface area contributed by atoms with Crippen molar-refractivity contribution in [2.75, 3.05) is 0 Å². The lowest BCUT2D eigenvalue weighted by Gasteiger charge is -2.14. The third kappa shape index (κ3) is 4.56. The van der Waals surface area contributed by atoms with Crippen molar-refractivity contribution in [2.24, 2.45) is 0 Å². The summed E-state index contributed by atoms with van der Waals surface area (Å²) in [7, 11) is 0. The SMILES string of the molecule is CC(Oc1ccc(Cl)cc1Cl)C(=O)OCc1ncc(-c2ccccc2)o1. The Hall–Kier alpha value is -2.50. The zero-order valence-corrected chi connectivity index (χ0v) is 15.3. The summed E-state index contributed by atoms with van der Waals surface area (Å²) in [5, 5.41) is 0.799. The highest BCUT2D eigenvalue weighted by Gasteiger charge is 2.19. The second-order valence-corrected chi connectivity index (χ2v) is 6.27. The molecule has 1 heterocycles. The van der Waals surface area contributed by atoms with Gasteiger partial charge in [0.25, 0.3) is 0 Å². The lowest BCUT2D eigenvalue weighted by Crippen LogP contribution is -2.26. The van der Waals surface area contributed by atoms with Gasteiger partial charge in [0.15, 0.2) is 18.5 Å². The van der Waals surface area contributed by atoms with Crippen molar-refractivity contribution in [2.45, 2.75) is 19.6 Å². The fourth-order valence-electron chi connectivity index (χ4n) is 2.17. The van der Waals surface area contributed by atoms with E-state index in [4.69, 9.17) is 37.1 Å². The molecule has 26 heavy (non-hydrogen) atoms. The minimum absolute atomic E-state index is 0.0896. The van der Waals surface area contributed by atoms with Crippen molar-refractivity contribution in [3.8, 4) is 17.1 Å². The molecule has 0 N–H and O–H groups in total. The Morgan fingerprint density at radius 1 is 1.19 bits per heavy atom. The summed E-state index contributed by atoms with van der Waals surface area (Å²) in [6.45, 7) is 1.48. The molecule has 0 aliphatic carbocycles. The molecule has 134 valence electrons. The maximum atomic E-state index is 12.1. The average molecular weight is 392 g/mol. The predicted molar refractivity (Wildman–Crippen MR) is 98.3 cm³/mol. The molecule has 0 amide bonds. The third-order valence-electron chi connectivity index (χ3n) is 3.48. The molecule has 0 aliphatic heterocycles. The van der Waals surface area contributed by atoms with Crippen molar-refractivity contribution in [1.82, 2.24) is 4.98 Å². The van der Waals surface area contributed by atoms with Gasteiger partial charge in [-0.1, -0.05) is 53.5 Å². The van der Waals surface area contributed by atoms with E-state index in [1.54, 1.807) is 25.3 Å². The first-order valence-electron chi connectivity index (χ1n) is 7.81. The molecule has 5 nitrogen and oxygen atoms in total. The maximum Gasteiger partial charge on any atom is 0.347 e. The van der Waals surface area contributed by atoms with Crippen LogP contribution in [-0.2, 0) is 16.1 Å². The molecular weight excluding hydrogens is 377 g/mol. The molecule has 0 aliphatic rings. The lowest BCUT2D eigenvalue weighted by atomic mass is 10.2. The number of hydrogen-bond acceptors (Lipinski definition) is 5. The van der Waals surface area contributed by atoms with Gasteiger partial charge in [0.2, 0.25) is 5.89 Å². The van der Waals surface area contributed by atoms with Gasteiger partial charge in [-0.15, -0.1) is 0 Å². The van der Waals surface area contributed by atoms with Crippen LogP contribution in [0.3, 0.4) is 0 Å². The van der Waals surface area contributed by atoms with Crippen LogP contribution in [0.25, 0.3) is 11.3 Å². The van der Waals surface area contributed by atoms with E-state index in [2.05, 4.69) is 4.98 Å². The summed E-state index contributed by atoms with van der Waals surface area (Å²) in [6, 6.07) is 14.3. The number of hydrogen-bond donors (Lipinski definition) is 0. The fraction of sp³-hybridized carbons (Fsp3) is 0.158. The third-order valence-corrected chi connectivity index (χ3v) is 4.01. The molecule has 2 aromatic carbocycles. The molecular formula is C19H15Cl2NO4. The summed E-state index contributed by atoms with van der Waals surface area (Å²) in [4.78, 5) is 16.2. The van der Waals surface area contributed by atoms with Crippen molar-refractivity contribution in [3.63, 3.8) is 0 Å². The van der Waals surface area contributed by atoms with Crippen molar-refractivity contribution >= 4 is 29.2 Å². The molecule has 0 radical (unpaired) electrons. The molecule has 0 fully saturated rings. The Bertz CT molecular complexity index is 896. The summed E-state index contributed by atoms with van der Waals surface area (Å²) < 4.78 is 16.3. The molecule has 7 heteroatoms. The Morgan fingerprint density at radius 2 is 1.96 bits per heavy atom. The molecule has 0 saturated carbocycles. The van der Waals surface area contributed by atoms with Crippen LogP contribution in [-0.4, -0.2) is 17.1 Å². The Labute approximate surface area is 160 Å². The number of halogens is 2. The first-order chi connectivity index (χ1) is 12.5. The highest BCUT2D eigenvalue weighted by atomic mass is 35.5. The number of nitrogens with zero attached hydrogens (tertiary/aromatic N) is 1. The van der Waals surface area contributed by atoms with E-state index in [0.717, 1.165) is 5.56 Å². The van der Waals surface area contributed by atoms with Crippen LogP contribution in [0.5, 0.6) is 5.75 Å². The minimum Gasteiger partial charge on any atom is -0.477 e. The fourth-order valence-corrected chi connectivity index (χ4v) is 2.63. The largest absolute Gasteiger partial charge is 0.477 e. The van der Waals surface area contributed by atoms with Crippen LogP contribution in [0.1, 0.15) is 12.8 Å². The standard InChI is InChI=1S/C19H15Cl2NO4/c1-12(25-16-8-7-14(20)9-15(16)21)19(23)24-11-18-22-10-17(26-18)13-5-3-2-4-6-13/h2-10,12H,11H2,1H3. The normalized spacial score (nSPS) is 11.8. The summed E-state index contributed by atoms with van der Waals surface area (Å²) in [5.41, 5.74) is 0.895. The summed E-state index contributed by atoms with van der Waals surface area (Å²) in [5.74, 6) is 0.696. The van der Waals surface area contributed by atoms with Gasteiger partial charge in [-0.05, 0) is 25.1 Å². The van der Waals surface area contributed by atoms with Crippen LogP contribution in [0, 0.1) is 0 Å². The number of ether oxygens (including phenoxy) is 2. The molecule has 3 rings (SSSR count). The van der Waals surface area contributed by atoms with Gasteiger partial charge in [-0.2, -0.15) is 0 Å². The molecule has 3 aromatic rings. The molecule has 1 unspecified atom stereocenters. The molecule has 0 saturated heterocycles. The maximum absolute atomic E-state index is 12.1.